The second-order valence-electron chi connectivity index (χ2n) is 8.02. The van der Waals surface area contributed by atoms with Gasteiger partial charge in [-0.15, -0.1) is 0 Å². The normalized spacial score (nSPS) is 33.2. The molecule has 2 aliphatic carbocycles. The highest BCUT2D eigenvalue weighted by molar-refractivity contribution is 5.97. The maximum Gasteiger partial charge on any atom is 0.165 e. The van der Waals surface area contributed by atoms with E-state index in [2.05, 4.69) is 13.8 Å². The van der Waals surface area contributed by atoms with Gasteiger partial charge < -0.3 is 0 Å². The van der Waals surface area contributed by atoms with Gasteiger partial charge in [-0.1, -0.05) is 58.0 Å². The largest absolute Gasteiger partial charge is 0.294 e. The van der Waals surface area contributed by atoms with Crippen LogP contribution in [0.4, 0.5) is 0 Å². The third-order valence-electron chi connectivity index (χ3n) is 6.08. The Kier molecular flexibility index (Phi) is 7.52. The first-order valence-corrected chi connectivity index (χ1v) is 10.2. The van der Waals surface area contributed by atoms with Gasteiger partial charge in [0, 0.05) is 11.5 Å². The fraction of sp³-hybridized carbons (Fsp3) is 0.696. The molecule has 0 saturated heterocycles. The van der Waals surface area contributed by atoms with Crippen LogP contribution >= 0.6 is 0 Å². The van der Waals surface area contributed by atoms with Crippen LogP contribution in [0.2, 0.25) is 0 Å². The van der Waals surface area contributed by atoms with Gasteiger partial charge in [0.1, 0.15) is 0 Å². The van der Waals surface area contributed by atoms with Crippen LogP contribution in [0.15, 0.2) is 30.3 Å². The molecule has 0 N–H and O–H groups in total. The first kappa shape index (κ1) is 19.2. The molecule has 2 saturated carbocycles. The first-order chi connectivity index (χ1) is 11.6. The van der Waals surface area contributed by atoms with Crippen molar-refractivity contribution in [1.29, 1.82) is 0 Å². The van der Waals surface area contributed by atoms with Crippen molar-refractivity contribution in [2.45, 2.75) is 72.6 Å². The summed E-state index contributed by atoms with van der Waals surface area (Å²) in [6.07, 6.45) is 9.02. The van der Waals surface area contributed by atoms with Crippen molar-refractivity contribution < 1.29 is 4.79 Å². The molecule has 0 radical (unpaired) electrons. The van der Waals surface area contributed by atoms with Crippen molar-refractivity contribution in [3.05, 3.63) is 35.9 Å². The molecule has 1 aromatic rings. The summed E-state index contributed by atoms with van der Waals surface area (Å²) in [5.74, 6) is 4.26. The van der Waals surface area contributed by atoms with Crippen LogP contribution in [0, 0.1) is 29.6 Å². The molecule has 0 aliphatic heterocycles. The summed E-state index contributed by atoms with van der Waals surface area (Å²) in [7, 11) is 0. The second-order valence-corrected chi connectivity index (χ2v) is 8.02. The van der Waals surface area contributed by atoms with Crippen LogP contribution < -0.4 is 0 Å². The number of carbonyl (C=O) groups excluding carboxylic acids is 1. The summed E-state index contributed by atoms with van der Waals surface area (Å²) in [5, 5.41) is 0. The Bertz CT molecular complexity index is 474. The van der Waals surface area contributed by atoms with Gasteiger partial charge in [-0.25, -0.2) is 0 Å². The predicted molar refractivity (Wildman–Crippen MR) is 103 cm³/mol. The molecule has 0 bridgehead atoms. The molecule has 24 heavy (non-hydrogen) atoms. The van der Waals surface area contributed by atoms with E-state index in [1.54, 1.807) is 0 Å². The van der Waals surface area contributed by atoms with Crippen molar-refractivity contribution in [3.63, 3.8) is 0 Å². The lowest BCUT2D eigenvalue weighted by atomic mass is 9.66. The molecule has 0 heterocycles. The van der Waals surface area contributed by atoms with Gasteiger partial charge >= 0.3 is 0 Å². The Morgan fingerprint density at radius 1 is 0.792 bits per heavy atom. The van der Waals surface area contributed by atoms with Gasteiger partial charge in [-0.2, -0.15) is 0 Å². The highest BCUT2D eigenvalue weighted by atomic mass is 16.1. The average molecular weight is 329 g/mol. The van der Waals surface area contributed by atoms with E-state index in [1.807, 2.05) is 44.2 Å². The highest BCUT2D eigenvalue weighted by Gasteiger charge is 2.34. The summed E-state index contributed by atoms with van der Waals surface area (Å²) >= 11 is 0. The lowest BCUT2D eigenvalue weighted by Gasteiger charge is -2.39. The maximum atomic E-state index is 12.6. The number of rotatable bonds is 3. The molecule has 0 spiro atoms. The van der Waals surface area contributed by atoms with E-state index < -0.39 is 0 Å². The lowest BCUT2D eigenvalue weighted by molar-refractivity contribution is 0.0801. The zero-order valence-corrected chi connectivity index (χ0v) is 16.1. The van der Waals surface area contributed by atoms with E-state index in [9.17, 15) is 4.79 Å². The van der Waals surface area contributed by atoms with Crippen LogP contribution in [-0.2, 0) is 0 Å². The van der Waals surface area contributed by atoms with E-state index in [0.29, 0.717) is 5.78 Å². The van der Waals surface area contributed by atoms with E-state index >= 15 is 0 Å². The molecule has 0 amide bonds. The van der Waals surface area contributed by atoms with Crippen LogP contribution in [0.1, 0.15) is 83.0 Å². The molecule has 1 aromatic carbocycles. The van der Waals surface area contributed by atoms with Crippen molar-refractivity contribution in [3.8, 4) is 0 Å². The quantitative estimate of drug-likeness (QED) is 0.559. The third-order valence-corrected chi connectivity index (χ3v) is 6.08. The predicted octanol–water partition coefficient (Wildman–Crippen LogP) is 6.77. The van der Waals surface area contributed by atoms with E-state index in [1.165, 1.54) is 32.1 Å². The SMILES string of the molecule is CC.CC1CC(C)CC(C2CCC(C(=O)c3ccccc3)CC2)C1. The zero-order chi connectivity index (χ0) is 17.5. The monoisotopic (exact) mass is 328 g/mol. The second kappa shape index (κ2) is 9.39. The number of ketones is 1. The minimum Gasteiger partial charge on any atom is -0.294 e. The third kappa shape index (κ3) is 4.94. The number of benzene rings is 1. The Morgan fingerprint density at radius 2 is 1.33 bits per heavy atom. The van der Waals surface area contributed by atoms with Gasteiger partial charge in [-0.3, -0.25) is 4.79 Å². The summed E-state index contributed by atoms with van der Waals surface area (Å²) in [4.78, 5) is 12.6. The van der Waals surface area contributed by atoms with Crippen molar-refractivity contribution >= 4 is 5.78 Å². The average Bonchev–Trinajstić information content (AvgIpc) is 2.63. The van der Waals surface area contributed by atoms with Crippen LogP contribution in [0.5, 0.6) is 0 Å². The number of hydrogen-bond donors (Lipinski definition) is 0. The molecule has 2 atom stereocenters. The molecule has 2 unspecified atom stereocenters. The first-order valence-electron chi connectivity index (χ1n) is 10.2. The Balaban J connectivity index is 0.00000100. The van der Waals surface area contributed by atoms with E-state index in [4.69, 9.17) is 0 Å². The van der Waals surface area contributed by atoms with Gasteiger partial charge in [-0.05, 0) is 68.6 Å². The van der Waals surface area contributed by atoms with Crippen molar-refractivity contribution in [2.24, 2.45) is 29.6 Å². The lowest BCUT2D eigenvalue weighted by Crippen LogP contribution is -2.30. The van der Waals surface area contributed by atoms with Crippen LogP contribution in [-0.4, -0.2) is 5.78 Å². The Hall–Kier alpha value is -1.11. The highest BCUT2D eigenvalue weighted by Crippen LogP contribution is 2.43. The molecular formula is C23H36O. The summed E-state index contributed by atoms with van der Waals surface area (Å²) in [6.45, 7) is 8.85. The van der Waals surface area contributed by atoms with Crippen LogP contribution in [0.25, 0.3) is 0 Å². The van der Waals surface area contributed by atoms with Crippen molar-refractivity contribution in [1.82, 2.24) is 0 Å². The smallest absolute Gasteiger partial charge is 0.165 e. The van der Waals surface area contributed by atoms with Crippen molar-refractivity contribution in [2.75, 3.05) is 0 Å². The summed E-state index contributed by atoms with van der Waals surface area (Å²) < 4.78 is 0. The molecule has 134 valence electrons. The Morgan fingerprint density at radius 3 is 1.88 bits per heavy atom. The molecule has 2 fully saturated rings. The maximum absolute atomic E-state index is 12.6. The van der Waals surface area contributed by atoms with Gasteiger partial charge in [0.2, 0.25) is 0 Å². The van der Waals surface area contributed by atoms with E-state index in [-0.39, 0.29) is 5.92 Å². The topological polar surface area (TPSA) is 17.1 Å². The molecule has 2 aliphatic rings. The van der Waals surface area contributed by atoms with Crippen LogP contribution in [0.3, 0.4) is 0 Å². The fourth-order valence-corrected chi connectivity index (χ4v) is 5.09. The summed E-state index contributed by atoms with van der Waals surface area (Å²) in [6, 6.07) is 9.88. The molecule has 1 nitrogen and oxygen atoms in total. The molecule has 3 rings (SSSR count). The number of carbonyl (C=O) groups is 1. The minimum absolute atomic E-state index is 0.275. The van der Waals surface area contributed by atoms with Gasteiger partial charge in [0.15, 0.2) is 5.78 Å². The fourth-order valence-electron chi connectivity index (χ4n) is 5.09. The van der Waals surface area contributed by atoms with Gasteiger partial charge in [0.25, 0.3) is 0 Å². The standard InChI is InChI=1S/C21H30O.C2H6/c1-15-12-16(2)14-20(13-15)17-8-10-19(11-9-17)21(22)18-6-4-3-5-7-18;1-2/h3-7,15-17,19-20H,8-14H2,1-2H3;1-2H3. The number of hydrogen-bond acceptors (Lipinski definition) is 1. The molecule has 1 heteroatoms. The zero-order valence-electron chi connectivity index (χ0n) is 16.1. The van der Waals surface area contributed by atoms with Gasteiger partial charge in [0.05, 0.1) is 0 Å². The minimum atomic E-state index is 0.275. The summed E-state index contributed by atoms with van der Waals surface area (Å²) in [5.41, 5.74) is 0.908. The molecule has 0 aromatic heterocycles. The number of Topliss-reactive ketones (excluding diaryl/α,β-unsaturated/α-hetero) is 1. The van der Waals surface area contributed by atoms with E-state index in [0.717, 1.165) is 42.1 Å². The Labute approximate surface area is 149 Å². The molecular weight excluding hydrogens is 292 g/mol.